The van der Waals surface area contributed by atoms with Crippen LogP contribution in [0.4, 0.5) is 5.69 Å². The van der Waals surface area contributed by atoms with Crippen molar-refractivity contribution in [2.75, 3.05) is 18.8 Å². The van der Waals surface area contributed by atoms with E-state index in [4.69, 9.17) is 5.73 Å². The fourth-order valence-corrected chi connectivity index (χ4v) is 2.29. The Balaban J connectivity index is 2.11. The van der Waals surface area contributed by atoms with E-state index in [1.807, 2.05) is 0 Å². The lowest BCUT2D eigenvalue weighted by Crippen LogP contribution is -2.40. The molecule has 0 spiro atoms. The number of likely N-dealkylation sites (tertiary alicyclic amines) is 1. The van der Waals surface area contributed by atoms with Crippen molar-refractivity contribution in [3.8, 4) is 0 Å². The Morgan fingerprint density at radius 1 is 1.41 bits per heavy atom. The van der Waals surface area contributed by atoms with Crippen LogP contribution in [0.5, 0.6) is 0 Å². The highest BCUT2D eigenvalue weighted by Crippen LogP contribution is 2.22. The van der Waals surface area contributed by atoms with Crippen LogP contribution in [0.3, 0.4) is 0 Å². The van der Waals surface area contributed by atoms with Crippen molar-refractivity contribution in [2.45, 2.75) is 18.9 Å². The first-order chi connectivity index (χ1) is 8.08. The normalized spacial score (nSPS) is 17.2. The first kappa shape index (κ1) is 12.4. The quantitative estimate of drug-likeness (QED) is 0.775. The number of aliphatic hydroxyl groups excluding tert-OH is 1. The van der Waals surface area contributed by atoms with Crippen molar-refractivity contribution >= 4 is 27.5 Å². The number of nitrogen functional groups attached to an aromatic ring is 1. The maximum absolute atomic E-state index is 12.2. The Labute approximate surface area is 109 Å². The van der Waals surface area contributed by atoms with Crippen LogP contribution in [-0.2, 0) is 0 Å². The third-order valence-electron chi connectivity index (χ3n) is 3.00. The first-order valence-corrected chi connectivity index (χ1v) is 6.39. The molecule has 0 aliphatic carbocycles. The van der Waals surface area contributed by atoms with E-state index in [2.05, 4.69) is 15.9 Å². The van der Waals surface area contributed by atoms with Crippen molar-refractivity contribution in [1.82, 2.24) is 4.90 Å². The minimum absolute atomic E-state index is 0.00222. The van der Waals surface area contributed by atoms with Crippen LogP contribution in [0.1, 0.15) is 23.2 Å². The monoisotopic (exact) mass is 298 g/mol. The van der Waals surface area contributed by atoms with Crippen LogP contribution in [0, 0.1) is 0 Å². The van der Waals surface area contributed by atoms with Gasteiger partial charge in [-0.05, 0) is 47.0 Å². The summed E-state index contributed by atoms with van der Waals surface area (Å²) >= 11 is 3.31. The average Bonchev–Trinajstić information content (AvgIpc) is 2.33. The summed E-state index contributed by atoms with van der Waals surface area (Å²) in [7, 11) is 0. The summed E-state index contributed by atoms with van der Waals surface area (Å²) in [4.78, 5) is 13.9. The van der Waals surface area contributed by atoms with Gasteiger partial charge in [-0.1, -0.05) is 0 Å². The molecule has 1 aromatic rings. The van der Waals surface area contributed by atoms with Crippen LogP contribution in [0.2, 0.25) is 0 Å². The van der Waals surface area contributed by atoms with Gasteiger partial charge in [0.15, 0.2) is 0 Å². The molecule has 5 heteroatoms. The van der Waals surface area contributed by atoms with Gasteiger partial charge in [-0.25, -0.2) is 0 Å². The van der Waals surface area contributed by atoms with Gasteiger partial charge < -0.3 is 15.7 Å². The van der Waals surface area contributed by atoms with Crippen LogP contribution < -0.4 is 5.73 Å². The van der Waals surface area contributed by atoms with Crippen molar-refractivity contribution in [2.24, 2.45) is 0 Å². The highest BCUT2D eigenvalue weighted by Gasteiger charge is 2.22. The number of piperidine rings is 1. The summed E-state index contributed by atoms with van der Waals surface area (Å²) in [6, 6.07) is 5.19. The highest BCUT2D eigenvalue weighted by molar-refractivity contribution is 9.10. The molecular weight excluding hydrogens is 284 g/mol. The Hall–Kier alpha value is -1.07. The number of benzene rings is 1. The Morgan fingerprint density at radius 3 is 2.65 bits per heavy atom. The number of carbonyl (C=O) groups is 1. The van der Waals surface area contributed by atoms with Crippen molar-refractivity contribution in [3.63, 3.8) is 0 Å². The second-order valence-corrected chi connectivity index (χ2v) is 5.11. The van der Waals surface area contributed by atoms with E-state index in [0.717, 1.165) is 4.47 Å². The molecule has 1 aliphatic rings. The molecule has 0 aromatic heterocycles. The first-order valence-electron chi connectivity index (χ1n) is 5.60. The van der Waals surface area contributed by atoms with E-state index < -0.39 is 0 Å². The maximum Gasteiger partial charge on any atom is 0.253 e. The molecule has 92 valence electrons. The second-order valence-electron chi connectivity index (χ2n) is 4.26. The standard InChI is InChI=1S/C12H15BrN2O2/c13-10-7-8(1-2-11(10)14)12(17)15-5-3-9(16)4-6-15/h1-2,7,9,16H,3-6,14H2. The van der Waals surface area contributed by atoms with Gasteiger partial charge in [0.05, 0.1) is 6.10 Å². The van der Waals surface area contributed by atoms with Crippen LogP contribution in [0.25, 0.3) is 0 Å². The molecule has 2 rings (SSSR count). The number of amides is 1. The Morgan fingerprint density at radius 2 is 2.06 bits per heavy atom. The smallest absolute Gasteiger partial charge is 0.253 e. The van der Waals surface area contributed by atoms with E-state index in [9.17, 15) is 9.90 Å². The molecule has 0 atom stereocenters. The van der Waals surface area contributed by atoms with Crippen molar-refractivity contribution in [3.05, 3.63) is 28.2 Å². The van der Waals surface area contributed by atoms with Crippen molar-refractivity contribution < 1.29 is 9.90 Å². The van der Waals surface area contributed by atoms with Gasteiger partial charge in [0.25, 0.3) is 5.91 Å². The predicted octanol–water partition coefficient (Wildman–Crippen LogP) is 1.63. The predicted molar refractivity (Wildman–Crippen MR) is 69.7 cm³/mol. The third kappa shape index (κ3) is 2.79. The minimum atomic E-state index is -0.266. The molecule has 3 N–H and O–H groups in total. The number of carbonyl (C=O) groups excluding carboxylic acids is 1. The van der Waals surface area contributed by atoms with Crippen LogP contribution in [0.15, 0.2) is 22.7 Å². The van der Waals surface area contributed by atoms with E-state index in [1.165, 1.54) is 0 Å². The molecule has 4 nitrogen and oxygen atoms in total. The number of rotatable bonds is 1. The molecule has 1 aromatic carbocycles. The van der Waals surface area contributed by atoms with E-state index in [1.54, 1.807) is 23.1 Å². The lowest BCUT2D eigenvalue weighted by Gasteiger charge is -2.29. The Kier molecular flexibility index (Phi) is 3.69. The topological polar surface area (TPSA) is 66.6 Å². The average molecular weight is 299 g/mol. The summed E-state index contributed by atoms with van der Waals surface area (Å²) < 4.78 is 0.736. The van der Waals surface area contributed by atoms with Gasteiger partial charge in [-0.15, -0.1) is 0 Å². The van der Waals surface area contributed by atoms with Crippen LogP contribution in [-0.4, -0.2) is 35.1 Å². The molecule has 0 saturated carbocycles. The molecule has 1 aliphatic heterocycles. The number of anilines is 1. The zero-order valence-corrected chi connectivity index (χ0v) is 11.0. The zero-order chi connectivity index (χ0) is 12.4. The maximum atomic E-state index is 12.2. The van der Waals surface area contributed by atoms with Gasteiger partial charge in [0, 0.05) is 28.8 Å². The minimum Gasteiger partial charge on any atom is -0.398 e. The SMILES string of the molecule is Nc1ccc(C(=O)N2CCC(O)CC2)cc1Br. The van der Waals surface area contributed by atoms with Crippen molar-refractivity contribution in [1.29, 1.82) is 0 Å². The largest absolute Gasteiger partial charge is 0.398 e. The number of nitrogens with two attached hydrogens (primary N) is 1. The molecule has 17 heavy (non-hydrogen) atoms. The van der Waals surface area contributed by atoms with Gasteiger partial charge in [-0.3, -0.25) is 4.79 Å². The summed E-state index contributed by atoms with van der Waals surface area (Å²) in [5, 5.41) is 9.40. The van der Waals surface area contributed by atoms with Gasteiger partial charge >= 0.3 is 0 Å². The number of hydrogen-bond donors (Lipinski definition) is 2. The molecule has 1 fully saturated rings. The number of aliphatic hydroxyl groups is 1. The Bertz CT molecular complexity index is 429. The number of nitrogens with zero attached hydrogens (tertiary/aromatic N) is 1. The molecular formula is C12H15BrN2O2. The summed E-state index contributed by atoms with van der Waals surface area (Å²) in [6.07, 6.45) is 1.04. The second kappa shape index (κ2) is 5.06. The molecule has 1 heterocycles. The molecule has 1 saturated heterocycles. The summed E-state index contributed by atoms with van der Waals surface area (Å²) in [5.41, 5.74) is 6.93. The number of halogens is 1. The molecule has 0 radical (unpaired) electrons. The van der Waals surface area contributed by atoms with E-state index in [0.29, 0.717) is 37.2 Å². The zero-order valence-electron chi connectivity index (χ0n) is 9.40. The third-order valence-corrected chi connectivity index (χ3v) is 3.69. The van der Waals surface area contributed by atoms with E-state index >= 15 is 0 Å². The molecule has 1 amide bonds. The molecule has 0 bridgehead atoms. The fraction of sp³-hybridized carbons (Fsp3) is 0.417. The summed E-state index contributed by atoms with van der Waals surface area (Å²) in [6.45, 7) is 1.23. The van der Waals surface area contributed by atoms with E-state index in [-0.39, 0.29) is 12.0 Å². The lowest BCUT2D eigenvalue weighted by atomic mass is 10.1. The number of hydrogen-bond acceptors (Lipinski definition) is 3. The van der Waals surface area contributed by atoms with Gasteiger partial charge in [0.2, 0.25) is 0 Å². The van der Waals surface area contributed by atoms with Crippen LogP contribution >= 0.6 is 15.9 Å². The summed E-state index contributed by atoms with van der Waals surface area (Å²) in [5.74, 6) is -0.00222. The lowest BCUT2D eigenvalue weighted by molar-refractivity contribution is 0.0546. The van der Waals surface area contributed by atoms with Gasteiger partial charge in [-0.2, -0.15) is 0 Å². The van der Waals surface area contributed by atoms with Gasteiger partial charge in [0.1, 0.15) is 0 Å². The molecule has 0 unspecified atom stereocenters. The highest BCUT2D eigenvalue weighted by atomic mass is 79.9. The fourth-order valence-electron chi connectivity index (χ4n) is 1.91.